The van der Waals surface area contributed by atoms with Crippen LogP contribution in [0.4, 0.5) is 4.39 Å². The molecule has 1 aliphatic heterocycles. The summed E-state index contributed by atoms with van der Waals surface area (Å²) in [6.45, 7) is 6.52. The Morgan fingerprint density at radius 2 is 1.75 bits per heavy atom. The third-order valence-corrected chi connectivity index (χ3v) is 9.62. The van der Waals surface area contributed by atoms with Crippen LogP contribution in [0.5, 0.6) is 0 Å². The van der Waals surface area contributed by atoms with E-state index in [4.69, 9.17) is 0 Å². The van der Waals surface area contributed by atoms with Crippen LogP contribution in [0.25, 0.3) is 0 Å². The maximum atomic E-state index is 15.2. The summed E-state index contributed by atoms with van der Waals surface area (Å²) in [6, 6.07) is 4.50. The lowest BCUT2D eigenvalue weighted by atomic mass is 9.44. The fraction of sp³-hybridized carbons (Fsp3) is 0.700. The maximum absolute atomic E-state index is 15.2. The summed E-state index contributed by atoms with van der Waals surface area (Å²) in [5, 5.41) is 2.91. The first-order valence-corrected chi connectivity index (χ1v) is 14.1. The van der Waals surface area contributed by atoms with Gasteiger partial charge in [-0.2, -0.15) is 0 Å². The van der Waals surface area contributed by atoms with Gasteiger partial charge in [0.05, 0.1) is 17.0 Å². The molecule has 4 saturated carbocycles. The van der Waals surface area contributed by atoms with E-state index in [1.54, 1.807) is 6.07 Å². The van der Waals surface area contributed by atoms with Crippen molar-refractivity contribution in [3.63, 3.8) is 0 Å². The van der Waals surface area contributed by atoms with Gasteiger partial charge in [-0.25, -0.2) is 4.39 Å². The molecule has 4 aliphatic carbocycles. The molecule has 0 aromatic heterocycles. The van der Waals surface area contributed by atoms with Crippen molar-refractivity contribution in [1.82, 2.24) is 10.2 Å². The van der Waals surface area contributed by atoms with E-state index >= 15 is 4.39 Å². The molecule has 196 valence electrons. The number of hydrogen-bond acceptors (Lipinski definition) is 3. The second-order valence-corrected chi connectivity index (χ2v) is 12.5. The van der Waals surface area contributed by atoms with Crippen LogP contribution in [0.2, 0.25) is 0 Å². The number of piperidine rings is 1. The van der Waals surface area contributed by atoms with E-state index in [9.17, 15) is 14.4 Å². The molecule has 1 unspecified atom stereocenters. The average Bonchev–Trinajstić information content (AvgIpc) is 2.80. The predicted octanol–water partition coefficient (Wildman–Crippen LogP) is 5.62. The summed E-state index contributed by atoms with van der Waals surface area (Å²) in [4.78, 5) is 41.1. The molecule has 6 heteroatoms. The number of hydrogen-bond donors (Lipinski definition) is 1. The number of Topliss-reactive ketones (excluding diaryl/α,β-unsaturated/α-hetero) is 1. The number of amides is 2. The van der Waals surface area contributed by atoms with Crippen LogP contribution < -0.4 is 5.32 Å². The third-order valence-electron chi connectivity index (χ3n) is 9.62. The summed E-state index contributed by atoms with van der Waals surface area (Å²) in [6.07, 6.45) is 9.96. The number of nitrogens with zero attached hydrogens (tertiary/aromatic N) is 1. The minimum absolute atomic E-state index is 0.000369. The zero-order valence-corrected chi connectivity index (χ0v) is 22.0. The van der Waals surface area contributed by atoms with Gasteiger partial charge in [-0.1, -0.05) is 39.2 Å². The molecule has 1 heterocycles. The molecular formula is C30H41FN2O3. The van der Waals surface area contributed by atoms with Gasteiger partial charge in [-0.15, -0.1) is 0 Å². The smallest absolute Gasteiger partial charge is 0.254 e. The fourth-order valence-corrected chi connectivity index (χ4v) is 7.26. The van der Waals surface area contributed by atoms with E-state index in [0.29, 0.717) is 12.5 Å². The van der Waals surface area contributed by atoms with E-state index in [0.717, 1.165) is 75.7 Å². The van der Waals surface area contributed by atoms with Gasteiger partial charge < -0.3 is 10.2 Å². The number of ketones is 1. The predicted molar refractivity (Wildman–Crippen MR) is 137 cm³/mol. The average molecular weight is 497 g/mol. The number of halogens is 1. The van der Waals surface area contributed by atoms with Crippen LogP contribution in [-0.4, -0.2) is 41.1 Å². The molecule has 5 fully saturated rings. The van der Waals surface area contributed by atoms with Crippen LogP contribution >= 0.6 is 0 Å². The third kappa shape index (κ3) is 4.61. The number of carbonyl (C=O) groups is 3. The molecule has 6 rings (SSSR count). The van der Waals surface area contributed by atoms with Gasteiger partial charge in [0.1, 0.15) is 5.82 Å². The first-order valence-electron chi connectivity index (χ1n) is 14.1. The number of carbonyl (C=O) groups excluding carboxylic acids is 3. The Morgan fingerprint density at radius 3 is 2.31 bits per heavy atom. The normalized spacial score (nSPS) is 30.8. The molecule has 3 atom stereocenters. The lowest BCUT2D eigenvalue weighted by molar-refractivity contribution is -0.180. The zero-order chi connectivity index (χ0) is 25.6. The summed E-state index contributed by atoms with van der Waals surface area (Å²) < 4.78 is 15.2. The Labute approximate surface area is 214 Å². The SMILES string of the molecule is CC(C)C(=O)[C@H](NC(=O)c1ccc(C2CCN(C(=O)C34CC(C3)C4)[C@H](C)C2)cc1F)C1CCCCC1. The van der Waals surface area contributed by atoms with E-state index in [-0.39, 0.29) is 40.6 Å². The second kappa shape index (κ2) is 9.90. The van der Waals surface area contributed by atoms with Crippen molar-refractivity contribution in [2.75, 3.05) is 6.54 Å². The van der Waals surface area contributed by atoms with Gasteiger partial charge >= 0.3 is 0 Å². The van der Waals surface area contributed by atoms with E-state index in [1.165, 1.54) is 6.07 Å². The number of rotatable bonds is 7. The van der Waals surface area contributed by atoms with Crippen molar-refractivity contribution in [2.45, 2.75) is 103 Å². The molecular weight excluding hydrogens is 455 g/mol. The van der Waals surface area contributed by atoms with Crippen molar-refractivity contribution in [1.29, 1.82) is 0 Å². The van der Waals surface area contributed by atoms with Crippen LogP contribution in [0.15, 0.2) is 18.2 Å². The van der Waals surface area contributed by atoms with Crippen molar-refractivity contribution in [3.05, 3.63) is 35.1 Å². The largest absolute Gasteiger partial charge is 0.342 e. The van der Waals surface area contributed by atoms with Gasteiger partial charge in [-0.3, -0.25) is 14.4 Å². The van der Waals surface area contributed by atoms with E-state index in [2.05, 4.69) is 17.1 Å². The molecule has 1 N–H and O–H groups in total. The lowest BCUT2D eigenvalue weighted by Gasteiger charge is -2.62. The van der Waals surface area contributed by atoms with E-state index < -0.39 is 17.8 Å². The van der Waals surface area contributed by atoms with Crippen molar-refractivity contribution in [2.24, 2.45) is 23.2 Å². The summed E-state index contributed by atoms with van der Waals surface area (Å²) in [5.41, 5.74) is 0.829. The van der Waals surface area contributed by atoms with Crippen LogP contribution in [0.1, 0.15) is 107 Å². The molecule has 2 amide bonds. The first kappa shape index (κ1) is 25.4. The topological polar surface area (TPSA) is 66.5 Å². The summed E-state index contributed by atoms with van der Waals surface area (Å²) >= 11 is 0. The Balaban J connectivity index is 1.24. The highest BCUT2D eigenvalue weighted by Gasteiger charge is 2.62. The van der Waals surface area contributed by atoms with Crippen molar-refractivity contribution >= 4 is 17.6 Å². The molecule has 1 aromatic rings. The zero-order valence-electron chi connectivity index (χ0n) is 22.0. The van der Waals surface area contributed by atoms with Gasteiger partial charge in [0.25, 0.3) is 5.91 Å². The quantitative estimate of drug-likeness (QED) is 0.532. The fourth-order valence-electron chi connectivity index (χ4n) is 7.26. The molecule has 0 spiro atoms. The van der Waals surface area contributed by atoms with Gasteiger partial charge in [0.2, 0.25) is 5.91 Å². The molecule has 5 aliphatic rings. The lowest BCUT2D eigenvalue weighted by Crippen LogP contribution is -2.63. The molecule has 1 saturated heterocycles. The Bertz CT molecular complexity index is 1010. The minimum atomic E-state index is -0.555. The van der Waals surface area contributed by atoms with Crippen molar-refractivity contribution < 1.29 is 18.8 Å². The summed E-state index contributed by atoms with van der Waals surface area (Å²) in [5.74, 6) is 0.209. The van der Waals surface area contributed by atoms with Gasteiger partial charge in [0.15, 0.2) is 5.78 Å². The summed E-state index contributed by atoms with van der Waals surface area (Å²) in [7, 11) is 0. The van der Waals surface area contributed by atoms with Gasteiger partial charge in [0, 0.05) is 18.5 Å². The highest BCUT2D eigenvalue weighted by molar-refractivity contribution is 5.98. The monoisotopic (exact) mass is 496 g/mol. The Morgan fingerprint density at radius 1 is 1.06 bits per heavy atom. The Hall–Kier alpha value is -2.24. The minimum Gasteiger partial charge on any atom is -0.342 e. The molecule has 1 aromatic carbocycles. The van der Waals surface area contributed by atoms with Gasteiger partial charge in [-0.05, 0) is 87.3 Å². The van der Waals surface area contributed by atoms with Crippen LogP contribution in [0, 0.1) is 29.0 Å². The standard InChI is InChI=1S/C30H41FN2O3/c1-18(2)27(34)26(21-7-5-4-6-8-21)32-28(35)24-10-9-22(14-25(24)31)23-11-12-33(19(3)13-23)29(36)30-15-20(16-30)17-30/h9-10,14,18-21,23,26H,4-8,11-13,15-17H2,1-3H3,(H,32,35)/t19-,20?,23?,26-,30?/m1/s1. The van der Waals surface area contributed by atoms with Crippen LogP contribution in [-0.2, 0) is 9.59 Å². The first-order chi connectivity index (χ1) is 17.2. The van der Waals surface area contributed by atoms with Crippen LogP contribution in [0.3, 0.4) is 0 Å². The number of likely N-dealkylation sites (tertiary alicyclic amines) is 1. The van der Waals surface area contributed by atoms with Crippen molar-refractivity contribution in [3.8, 4) is 0 Å². The number of nitrogens with one attached hydrogen (secondary N) is 1. The highest BCUT2D eigenvalue weighted by Crippen LogP contribution is 2.65. The molecule has 2 bridgehead atoms. The highest BCUT2D eigenvalue weighted by atomic mass is 19.1. The molecule has 36 heavy (non-hydrogen) atoms. The number of benzene rings is 1. The maximum Gasteiger partial charge on any atom is 0.254 e. The molecule has 5 nitrogen and oxygen atoms in total. The van der Waals surface area contributed by atoms with E-state index in [1.807, 2.05) is 19.9 Å². The molecule has 0 radical (unpaired) electrons. The Kier molecular flexibility index (Phi) is 6.99. The second-order valence-electron chi connectivity index (χ2n) is 12.5.